The Balaban J connectivity index is 2.14. The van der Waals surface area contributed by atoms with Crippen LogP contribution in [0.5, 0.6) is 0 Å². The second-order valence-electron chi connectivity index (χ2n) is 10.5. The lowest BCUT2D eigenvalue weighted by atomic mass is 9.86. The van der Waals surface area contributed by atoms with Gasteiger partial charge in [0.15, 0.2) is 5.11 Å². The van der Waals surface area contributed by atoms with Crippen molar-refractivity contribution in [3.8, 4) is 0 Å². The van der Waals surface area contributed by atoms with E-state index in [9.17, 15) is 31.1 Å². The van der Waals surface area contributed by atoms with Crippen molar-refractivity contribution >= 4 is 23.2 Å². The van der Waals surface area contributed by atoms with Crippen LogP contribution in [0.25, 0.3) is 0 Å². The number of nitrogens with zero attached hydrogens (tertiary/aromatic N) is 1. The predicted octanol–water partition coefficient (Wildman–Crippen LogP) is 5.09. The molecular formula is C24H34F6N4OS. The lowest BCUT2D eigenvalue weighted by molar-refractivity contribution is -0.143. The molecule has 1 fully saturated rings. The highest BCUT2D eigenvalue weighted by atomic mass is 32.1. The molecule has 0 heterocycles. The SMILES string of the molecule is CN(C)[C@@H]1CCCC[C@H]1NC(=S)N[C@H](C(=O)NCc1cc(C(F)(F)F)cc(C(F)(F)F)c1)C(C)(C)C. The molecule has 0 unspecified atom stereocenters. The Bertz CT molecular complexity index is 894. The van der Waals surface area contributed by atoms with Gasteiger partial charge < -0.3 is 20.9 Å². The van der Waals surface area contributed by atoms with Gasteiger partial charge >= 0.3 is 12.4 Å². The topological polar surface area (TPSA) is 56.4 Å². The van der Waals surface area contributed by atoms with E-state index in [2.05, 4.69) is 20.9 Å². The molecule has 2 rings (SSSR count). The fourth-order valence-electron chi connectivity index (χ4n) is 4.33. The molecule has 3 atom stereocenters. The molecule has 1 aliphatic carbocycles. The van der Waals surface area contributed by atoms with Gasteiger partial charge in [0.1, 0.15) is 6.04 Å². The highest BCUT2D eigenvalue weighted by molar-refractivity contribution is 7.80. The third-order valence-corrected chi connectivity index (χ3v) is 6.46. The number of hydrogen-bond acceptors (Lipinski definition) is 3. The summed E-state index contributed by atoms with van der Waals surface area (Å²) < 4.78 is 78.9. The van der Waals surface area contributed by atoms with Gasteiger partial charge in [-0.1, -0.05) is 33.6 Å². The van der Waals surface area contributed by atoms with Crippen LogP contribution in [0.4, 0.5) is 26.3 Å². The van der Waals surface area contributed by atoms with E-state index in [1.54, 1.807) is 20.8 Å². The number of nitrogens with one attached hydrogen (secondary N) is 3. The Hall–Kier alpha value is -2.08. The van der Waals surface area contributed by atoms with Crippen LogP contribution in [0.2, 0.25) is 0 Å². The number of benzene rings is 1. The van der Waals surface area contributed by atoms with Crippen LogP contribution in [-0.4, -0.2) is 48.1 Å². The van der Waals surface area contributed by atoms with E-state index in [0.717, 1.165) is 25.7 Å². The maximum absolute atomic E-state index is 13.1. The quantitative estimate of drug-likeness (QED) is 0.347. The van der Waals surface area contributed by atoms with E-state index in [0.29, 0.717) is 12.1 Å². The molecule has 0 radical (unpaired) electrons. The van der Waals surface area contributed by atoms with Crippen LogP contribution in [0.15, 0.2) is 18.2 Å². The first-order valence-electron chi connectivity index (χ1n) is 11.7. The number of halogens is 6. The molecule has 0 saturated heterocycles. The van der Waals surface area contributed by atoms with Crippen LogP contribution in [0.1, 0.15) is 63.1 Å². The van der Waals surface area contributed by atoms with Gasteiger partial charge in [0.05, 0.1) is 11.1 Å². The molecule has 0 aliphatic heterocycles. The first kappa shape index (κ1) is 30.1. The zero-order valence-electron chi connectivity index (χ0n) is 21.0. The molecule has 1 aliphatic rings. The second kappa shape index (κ2) is 11.5. The molecule has 1 saturated carbocycles. The fourth-order valence-corrected chi connectivity index (χ4v) is 4.60. The van der Waals surface area contributed by atoms with Crippen LogP contribution < -0.4 is 16.0 Å². The first-order chi connectivity index (χ1) is 16.4. The van der Waals surface area contributed by atoms with Crippen molar-refractivity contribution in [3.05, 3.63) is 34.9 Å². The fraction of sp³-hybridized carbons (Fsp3) is 0.667. The average molecular weight is 541 g/mol. The van der Waals surface area contributed by atoms with Crippen molar-refractivity contribution in [3.63, 3.8) is 0 Å². The average Bonchev–Trinajstić information content (AvgIpc) is 2.74. The summed E-state index contributed by atoms with van der Waals surface area (Å²) in [6.45, 7) is 4.83. The largest absolute Gasteiger partial charge is 0.416 e. The molecule has 1 aromatic rings. The van der Waals surface area contributed by atoms with Crippen LogP contribution in [-0.2, 0) is 23.7 Å². The standard InChI is InChI=1S/C24H34F6N4OS/c1-22(2,3)19(33-21(36)32-17-8-6-7-9-18(17)34(4)5)20(35)31-13-14-10-15(23(25,26)27)12-16(11-14)24(28,29)30/h10-12,17-19H,6-9,13H2,1-5H3,(H,31,35)(H2,32,33,36)/t17-,18-,19-/m1/s1. The lowest BCUT2D eigenvalue weighted by Crippen LogP contribution is -2.59. The number of likely N-dealkylation sites (N-methyl/N-ethyl adjacent to an activating group) is 1. The summed E-state index contributed by atoms with van der Waals surface area (Å²) >= 11 is 5.46. The van der Waals surface area contributed by atoms with Crippen molar-refractivity contribution < 1.29 is 31.1 Å². The highest BCUT2D eigenvalue weighted by Gasteiger charge is 2.37. The Morgan fingerprint density at radius 2 is 1.53 bits per heavy atom. The molecular weight excluding hydrogens is 506 g/mol. The van der Waals surface area contributed by atoms with Gasteiger partial charge in [0, 0.05) is 18.6 Å². The van der Waals surface area contributed by atoms with Crippen molar-refractivity contribution in [1.29, 1.82) is 0 Å². The van der Waals surface area contributed by atoms with E-state index in [4.69, 9.17) is 12.2 Å². The van der Waals surface area contributed by atoms with Crippen molar-refractivity contribution in [2.45, 2.75) is 83.5 Å². The third kappa shape index (κ3) is 8.50. The number of thiocarbonyl (C=S) groups is 1. The van der Waals surface area contributed by atoms with Gasteiger partial charge in [0.25, 0.3) is 0 Å². The number of carbonyl (C=O) groups is 1. The Morgan fingerprint density at radius 1 is 1.00 bits per heavy atom. The summed E-state index contributed by atoms with van der Waals surface area (Å²) in [4.78, 5) is 15.1. The molecule has 3 N–H and O–H groups in total. The molecule has 5 nitrogen and oxygen atoms in total. The lowest BCUT2D eigenvalue weighted by Gasteiger charge is -2.38. The Morgan fingerprint density at radius 3 is 2.00 bits per heavy atom. The smallest absolute Gasteiger partial charge is 0.358 e. The van der Waals surface area contributed by atoms with Gasteiger partial charge in [-0.15, -0.1) is 0 Å². The van der Waals surface area contributed by atoms with Crippen molar-refractivity contribution in [2.75, 3.05) is 14.1 Å². The molecule has 1 amide bonds. The number of amides is 1. The summed E-state index contributed by atoms with van der Waals surface area (Å²) in [6, 6.07) is 0.734. The van der Waals surface area contributed by atoms with E-state index in [1.807, 2.05) is 14.1 Å². The number of rotatable bonds is 6. The van der Waals surface area contributed by atoms with Crippen LogP contribution in [0, 0.1) is 5.41 Å². The first-order valence-corrected chi connectivity index (χ1v) is 12.1. The third-order valence-electron chi connectivity index (χ3n) is 6.23. The summed E-state index contributed by atoms with van der Waals surface area (Å²) in [5.74, 6) is -0.592. The predicted molar refractivity (Wildman–Crippen MR) is 130 cm³/mol. The zero-order valence-corrected chi connectivity index (χ0v) is 21.8. The molecule has 0 spiro atoms. The number of alkyl halides is 6. The number of hydrogen-bond donors (Lipinski definition) is 3. The Labute approximate surface area is 213 Å². The maximum atomic E-state index is 13.1. The summed E-state index contributed by atoms with van der Waals surface area (Å²) in [7, 11) is 3.98. The molecule has 204 valence electrons. The van der Waals surface area contributed by atoms with Gasteiger partial charge in [-0.3, -0.25) is 4.79 Å². The molecule has 36 heavy (non-hydrogen) atoms. The van der Waals surface area contributed by atoms with Gasteiger partial charge in [-0.05, 0) is 68.3 Å². The van der Waals surface area contributed by atoms with Crippen LogP contribution >= 0.6 is 12.2 Å². The van der Waals surface area contributed by atoms with Gasteiger partial charge in [-0.25, -0.2) is 0 Å². The summed E-state index contributed by atoms with van der Waals surface area (Å²) in [5.41, 5.74) is -3.83. The van der Waals surface area contributed by atoms with Crippen LogP contribution in [0.3, 0.4) is 0 Å². The zero-order chi connectivity index (χ0) is 27.5. The van der Waals surface area contributed by atoms with Crippen molar-refractivity contribution in [1.82, 2.24) is 20.9 Å². The van der Waals surface area contributed by atoms with E-state index in [1.165, 1.54) is 0 Å². The minimum Gasteiger partial charge on any atom is -0.358 e. The monoisotopic (exact) mass is 540 g/mol. The minimum absolute atomic E-state index is 0.0567. The normalized spacial score (nSPS) is 20.1. The van der Waals surface area contributed by atoms with E-state index >= 15 is 0 Å². The maximum Gasteiger partial charge on any atom is 0.416 e. The minimum atomic E-state index is -4.96. The highest BCUT2D eigenvalue weighted by Crippen LogP contribution is 2.36. The molecule has 1 aromatic carbocycles. The van der Waals surface area contributed by atoms with Gasteiger partial charge in [0.2, 0.25) is 5.91 Å². The Kier molecular flexibility index (Phi) is 9.66. The molecule has 0 aromatic heterocycles. The summed E-state index contributed by atoms with van der Waals surface area (Å²) in [6.07, 6.45) is -5.85. The van der Waals surface area contributed by atoms with E-state index < -0.39 is 47.4 Å². The van der Waals surface area contributed by atoms with Gasteiger partial charge in [-0.2, -0.15) is 26.3 Å². The second-order valence-corrected chi connectivity index (χ2v) is 10.9. The molecule has 0 bridgehead atoms. The molecule has 12 heteroatoms. The van der Waals surface area contributed by atoms with E-state index in [-0.39, 0.29) is 28.8 Å². The van der Waals surface area contributed by atoms with Crippen molar-refractivity contribution in [2.24, 2.45) is 5.41 Å². The summed E-state index contributed by atoms with van der Waals surface area (Å²) in [5, 5.41) is 9.01. The number of carbonyl (C=O) groups excluding carboxylic acids is 1.